The number of sulfonamides is 1. The normalized spacial score (nSPS) is 19.3. The second-order valence-electron chi connectivity index (χ2n) is 6.83. The van der Waals surface area contributed by atoms with Crippen LogP contribution >= 0.6 is 0 Å². The standard InChI is InChI=1S/C19H21N3O7S/c23-22(24)14-5-6-16(19(11-14)30(25,26)21-7-9-27-10-8-21)20-12-15-13-28-17-3-1-2-4-18(17)29-15/h1-6,11,15,20H,7-10,12-13H2. The summed E-state index contributed by atoms with van der Waals surface area (Å²) in [5.74, 6) is 1.26. The molecule has 2 aromatic carbocycles. The van der Waals surface area contributed by atoms with E-state index in [1.165, 1.54) is 16.4 Å². The van der Waals surface area contributed by atoms with E-state index >= 15 is 0 Å². The molecular weight excluding hydrogens is 414 g/mol. The van der Waals surface area contributed by atoms with Gasteiger partial charge in [0, 0.05) is 25.2 Å². The molecule has 11 heteroatoms. The number of fused-ring (bicyclic) bond motifs is 1. The van der Waals surface area contributed by atoms with E-state index in [9.17, 15) is 18.5 Å². The van der Waals surface area contributed by atoms with Crippen LogP contribution in [0.2, 0.25) is 0 Å². The topological polar surface area (TPSA) is 120 Å². The summed E-state index contributed by atoms with van der Waals surface area (Å²) in [5, 5.41) is 14.3. The Morgan fingerprint density at radius 1 is 1.13 bits per heavy atom. The third-order valence-corrected chi connectivity index (χ3v) is 6.79. The van der Waals surface area contributed by atoms with Crippen molar-refractivity contribution in [2.45, 2.75) is 11.0 Å². The van der Waals surface area contributed by atoms with Gasteiger partial charge < -0.3 is 19.5 Å². The van der Waals surface area contributed by atoms with E-state index in [4.69, 9.17) is 14.2 Å². The van der Waals surface area contributed by atoms with Crippen LogP contribution in [-0.2, 0) is 14.8 Å². The Labute approximate surface area is 173 Å². The molecule has 1 N–H and O–H groups in total. The van der Waals surface area contributed by atoms with Gasteiger partial charge in [0.1, 0.15) is 17.6 Å². The smallest absolute Gasteiger partial charge is 0.270 e. The van der Waals surface area contributed by atoms with Crippen LogP contribution in [0.5, 0.6) is 11.5 Å². The summed E-state index contributed by atoms with van der Waals surface area (Å²) in [4.78, 5) is 10.5. The molecule has 0 aromatic heterocycles. The number of benzene rings is 2. The van der Waals surface area contributed by atoms with E-state index in [0.29, 0.717) is 18.1 Å². The van der Waals surface area contributed by atoms with Gasteiger partial charge in [-0.05, 0) is 18.2 Å². The van der Waals surface area contributed by atoms with E-state index in [0.717, 1.165) is 6.07 Å². The molecule has 0 saturated carbocycles. The zero-order valence-corrected chi connectivity index (χ0v) is 16.8. The van der Waals surface area contributed by atoms with Gasteiger partial charge >= 0.3 is 0 Å². The average molecular weight is 435 g/mol. The van der Waals surface area contributed by atoms with Crippen molar-refractivity contribution in [2.24, 2.45) is 0 Å². The second kappa shape index (κ2) is 8.46. The highest BCUT2D eigenvalue weighted by Gasteiger charge is 2.31. The number of nitro benzene ring substituents is 1. The molecule has 2 aromatic rings. The summed E-state index contributed by atoms with van der Waals surface area (Å²) >= 11 is 0. The van der Waals surface area contributed by atoms with Gasteiger partial charge in [-0.15, -0.1) is 0 Å². The highest BCUT2D eigenvalue weighted by atomic mass is 32.2. The largest absolute Gasteiger partial charge is 0.486 e. The zero-order chi connectivity index (χ0) is 21.1. The van der Waals surface area contributed by atoms with E-state index in [1.807, 2.05) is 18.2 Å². The van der Waals surface area contributed by atoms with Crippen LogP contribution in [0.15, 0.2) is 47.4 Å². The first kappa shape index (κ1) is 20.4. The van der Waals surface area contributed by atoms with Gasteiger partial charge in [0.25, 0.3) is 5.69 Å². The molecule has 10 nitrogen and oxygen atoms in total. The molecule has 0 amide bonds. The fourth-order valence-corrected chi connectivity index (χ4v) is 4.89. The van der Waals surface area contributed by atoms with Crippen molar-refractivity contribution in [1.82, 2.24) is 4.31 Å². The molecule has 160 valence electrons. The van der Waals surface area contributed by atoms with Gasteiger partial charge in [-0.25, -0.2) is 8.42 Å². The van der Waals surface area contributed by atoms with Gasteiger partial charge in [-0.1, -0.05) is 12.1 Å². The number of rotatable bonds is 6. The zero-order valence-electron chi connectivity index (χ0n) is 16.0. The summed E-state index contributed by atoms with van der Waals surface area (Å²) in [7, 11) is -3.94. The molecule has 1 fully saturated rings. The molecule has 0 radical (unpaired) electrons. The third kappa shape index (κ3) is 4.18. The van der Waals surface area contributed by atoms with Crippen LogP contribution in [0.3, 0.4) is 0 Å². The van der Waals surface area contributed by atoms with E-state index < -0.39 is 14.9 Å². The van der Waals surface area contributed by atoms with E-state index in [2.05, 4.69) is 5.32 Å². The lowest BCUT2D eigenvalue weighted by Crippen LogP contribution is -2.41. The number of nitrogens with zero attached hydrogens (tertiary/aromatic N) is 2. The molecule has 30 heavy (non-hydrogen) atoms. The Balaban J connectivity index is 1.56. The summed E-state index contributed by atoms with van der Waals surface area (Å²) in [5.41, 5.74) is -0.0203. The predicted octanol–water partition coefficient (Wildman–Crippen LogP) is 1.87. The fraction of sp³-hybridized carbons (Fsp3) is 0.368. The lowest BCUT2D eigenvalue weighted by Gasteiger charge is -2.28. The summed E-state index contributed by atoms with van der Waals surface area (Å²) in [6.07, 6.45) is -0.353. The first-order valence-electron chi connectivity index (χ1n) is 9.44. The van der Waals surface area contributed by atoms with Crippen molar-refractivity contribution >= 4 is 21.4 Å². The molecule has 0 bridgehead atoms. The summed E-state index contributed by atoms with van der Waals surface area (Å²) in [6.45, 7) is 1.51. The van der Waals surface area contributed by atoms with Gasteiger partial charge in [0.15, 0.2) is 11.5 Å². The molecule has 2 heterocycles. The average Bonchev–Trinajstić information content (AvgIpc) is 2.78. The number of hydrogen-bond acceptors (Lipinski definition) is 8. The molecule has 1 atom stereocenters. The van der Waals surface area contributed by atoms with E-state index in [-0.39, 0.29) is 55.2 Å². The molecular formula is C19H21N3O7S. The van der Waals surface area contributed by atoms with Crippen molar-refractivity contribution in [3.8, 4) is 11.5 Å². The van der Waals surface area contributed by atoms with Crippen molar-refractivity contribution < 1.29 is 27.6 Å². The molecule has 2 aliphatic heterocycles. The maximum absolute atomic E-state index is 13.1. The summed E-state index contributed by atoms with van der Waals surface area (Å²) in [6, 6.07) is 11.0. The van der Waals surface area contributed by atoms with Crippen molar-refractivity contribution in [1.29, 1.82) is 0 Å². The maximum atomic E-state index is 13.1. The van der Waals surface area contributed by atoms with Crippen molar-refractivity contribution in [3.63, 3.8) is 0 Å². The predicted molar refractivity (Wildman–Crippen MR) is 108 cm³/mol. The molecule has 0 spiro atoms. The van der Waals surface area contributed by atoms with Gasteiger partial charge in [-0.3, -0.25) is 10.1 Å². The Kier molecular flexibility index (Phi) is 5.75. The highest BCUT2D eigenvalue weighted by molar-refractivity contribution is 7.89. The van der Waals surface area contributed by atoms with Gasteiger partial charge in [0.2, 0.25) is 10.0 Å². The van der Waals surface area contributed by atoms with Gasteiger partial charge in [0.05, 0.1) is 30.4 Å². The quantitative estimate of drug-likeness (QED) is 0.539. The van der Waals surface area contributed by atoms with Crippen molar-refractivity contribution in [3.05, 3.63) is 52.6 Å². The number of para-hydroxylation sites is 2. The van der Waals surface area contributed by atoms with Crippen LogP contribution in [0.4, 0.5) is 11.4 Å². The number of nitrogens with one attached hydrogen (secondary N) is 1. The lowest BCUT2D eigenvalue weighted by atomic mass is 10.2. The Morgan fingerprint density at radius 2 is 1.87 bits per heavy atom. The molecule has 1 saturated heterocycles. The van der Waals surface area contributed by atoms with Crippen LogP contribution in [0.25, 0.3) is 0 Å². The molecule has 2 aliphatic rings. The fourth-order valence-electron chi connectivity index (χ4n) is 3.30. The first-order valence-corrected chi connectivity index (χ1v) is 10.9. The maximum Gasteiger partial charge on any atom is 0.270 e. The van der Waals surface area contributed by atoms with Crippen LogP contribution < -0.4 is 14.8 Å². The van der Waals surface area contributed by atoms with Crippen LogP contribution in [0, 0.1) is 10.1 Å². The van der Waals surface area contributed by atoms with Gasteiger partial charge in [-0.2, -0.15) is 4.31 Å². The molecule has 4 rings (SSSR count). The minimum Gasteiger partial charge on any atom is -0.486 e. The third-order valence-electron chi connectivity index (χ3n) is 4.85. The SMILES string of the molecule is O=[N+]([O-])c1ccc(NCC2COc3ccccc3O2)c(S(=O)(=O)N2CCOCC2)c1. The van der Waals surface area contributed by atoms with Crippen LogP contribution in [-0.4, -0.2) is 63.2 Å². The monoisotopic (exact) mass is 435 g/mol. The lowest BCUT2D eigenvalue weighted by molar-refractivity contribution is -0.385. The molecule has 1 unspecified atom stereocenters. The number of ether oxygens (including phenoxy) is 3. The Bertz CT molecular complexity index is 1040. The minimum atomic E-state index is -3.94. The number of nitro groups is 1. The van der Waals surface area contributed by atoms with Crippen LogP contribution in [0.1, 0.15) is 0 Å². The number of hydrogen-bond donors (Lipinski definition) is 1. The van der Waals surface area contributed by atoms with Crippen molar-refractivity contribution in [2.75, 3.05) is 44.8 Å². The number of morpholine rings is 1. The Morgan fingerprint density at radius 3 is 2.60 bits per heavy atom. The van der Waals surface area contributed by atoms with E-state index in [1.54, 1.807) is 6.07 Å². The summed E-state index contributed by atoms with van der Waals surface area (Å²) < 4.78 is 44.4. The minimum absolute atomic E-state index is 0.143. The number of non-ortho nitro benzene ring substituents is 1. The number of anilines is 1. The Hall–Kier alpha value is -2.89. The molecule has 0 aliphatic carbocycles. The highest BCUT2D eigenvalue weighted by Crippen LogP contribution is 2.32. The first-order chi connectivity index (χ1) is 14.4. The second-order valence-corrected chi connectivity index (χ2v) is 8.74.